The topological polar surface area (TPSA) is 42.7 Å². The smallest absolute Gasteiger partial charge is 0.150 e. The molecule has 0 amide bonds. The molecule has 2 aromatic carbocycles. The average molecular weight is 377 g/mol. The highest BCUT2D eigenvalue weighted by molar-refractivity contribution is 6.32. The zero-order chi connectivity index (χ0) is 18.8. The Kier molecular flexibility index (Phi) is 4.82. The first-order chi connectivity index (χ1) is 13.2. The lowest BCUT2D eigenvalue weighted by Gasteiger charge is -2.13. The van der Waals surface area contributed by atoms with Crippen LogP contribution < -0.4 is 5.32 Å². The second kappa shape index (κ2) is 7.41. The van der Waals surface area contributed by atoms with E-state index in [2.05, 4.69) is 47.5 Å². The van der Waals surface area contributed by atoms with Gasteiger partial charge < -0.3 is 5.32 Å². The van der Waals surface area contributed by atoms with Gasteiger partial charge in [-0.05, 0) is 31.0 Å². The first-order valence-electron chi connectivity index (χ1n) is 9.12. The largest absolute Gasteiger partial charge is 0.367 e. The summed E-state index contributed by atoms with van der Waals surface area (Å²) < 4.78 is 2.05. The minimum atomic E-state index is 0.315. The van der Waals surface area contributed by atoms with E-state index in [1.165, 1.54) is 0 Å². The highest BCUT2D eigenvalue weighted by atomic mass is 35.5. The van der Waals surface area contributed by atoms with Gasteiger partial charge in [0, 0.05) is 17.8 Å². The van der Waals surface area contributed by atoms with E-state index in [1.807, 2.05) is 47.0 Å². The van der Waals surface area contributed by atoms with Gasteiger partial charge >= 0.3 is 0 Å². The molecule has 1 atom stereocenters. The maximum atomic E-state index is 6.48. The molecule has 0 fully saturated rings. The van der Waals surface area contributed by atoms with Gasteiger partial charge in [-0.2, -0.15) is 0 Å². The van der Waals surface area contributed by atoms with E-state index in [1.54, 1.807) is 6.33 Å². The minimum absolute atomic E-state index is 0.315. The van der Waals surface area contributed by atoms with Crippen LogP contribution in [0.2, 0.25) is 5.02 Å². The molecule has 0 aliphatic rings. The van der Waals surface area contributed by atoms with E-state index in [0.717, 1.165) is 40.1 Å². The standard InChI is InChI=1S/C22H21ClN4/c1-3-15(2)26-21-20-17(16-9-5-4-6-10-16)13-27(22(20)25-14-24-21)19-12-8-7-11-18(19)23/h4-15H,3H2,1-2H3,(H,24,25,26). The monoisotopic (exact) mass is 376 g/mol. The predicted octanol–water partition coefficient (Wildman–Crippen LogP) is 5.95. The van der Waals surface area contributed by atoms with Gasteiger partial charge in [0.1, 0.15) is 12.1 Å². The van der Waals surface area contributed by atoms with Crippen LogP contribution in [-0.2, 0) is 0 Å². The van der Waals surface area contributed by atoms with Gasteiger partial charge in [-0.3, -0.25) is 4.57 Å². The molecule has 0 saturated carbocycles. The number of rotatable bonds is 5. The number of benzene rings is 2. The first-order valence-corrected chi connectivity index (χ1v) is 9.49. The molecule has 4 rings (SSSR count). The molecule has 0 aliphatic carbocycles. The van der Waals surface area contributed by atoms with Crippen LogP contribution in [0.5, 0.6) is 0 Å². The second-order valence-electron chi connectivity index (χ2n) is 6.60. The van der Waals surface area contributed by atoms with Crippen LogP contribution >= 0.6 is 11.6 Å². The van der Waals surface area contributed by atoms with Crippen LogP contribution in [0, 0.1) is 0 Å². The van der Waals surface area contributed by atoms with E-state index in [9.17, 15) is 0 Å². The van der Waals surface area contributed by atoms with Crippen molar-refractivity contribution in [2.45, 2.75) is 26.3 Å². The number of nitrogens with one attached hydrogen (secondary N) is 1. The molecule has 4 aromatic rings. The number of aromatic nitrogens is 3. The van der Waals surface area contributed by atoms with E-state index in [-0.39, 0.29) is 0 Å². The third-order valence-electron chi connectivity index (χ3n) is 4.78. The summed E-state index contributed by atoms with van der Waals surface area (Å²) in [6, 6.07) is 18.4. The number of anilines is 1. The van der Waals surface area contributed by atoms with E-state index < -0.39 is 0 Å². The molecule has 27 heavy (non-hydrogen) atoms. The van der Waals surface area contributed by atoms with Crippen molar-refractivity contribution in [2.75, 3.05) is 5.32 Å². The van der Waals surface area contributed by atoms with Crippen LogP contribution in [0.4, 0.5) is 5.82 Å². The zero-order valence-electron chi connectivity index (χ0n) is 15.4. The van der Waals surface area contributed by atoms with E-state index in [0.29, 0.717) is 11.1 Å². The van der Waals surface area contributed by atoms with Gasteiger partial charge in [-0.25, -0.2) is 9.97 Å². The van der Waals surface area contributed by atoms with Crippen LogP contribution in [0.25, 0.3) is 27.8 Å². The molecular weight excluding hydrogens is 356 g/mol. The molecule has 0 bridgehead atoms. The fourth-order valence-corrected chi connectivity index (χ4v) is 3.40. The van der Waals surface area contributed by atoms with Crippen LogP contribution in [0.15, 0.2) is 67.1 Å². The maximum absolute atomic E-state index is 6.48. The number of nitrogens with zero attached hydrogens (tertiary/aromatic N) is 3. The Morgan fingerprint density at radius 1 is 1.04 bits per heavy atom. The van der Waals surface area contributed by atoms with E-state index >= 15 is 0 Å². The minimum Gasteiger partial charge on any atom is -0.367 e. The molecule has 1 unspecified atom stereocenters. The highest BCUT2D eigenvalue weighted by Gasteiger charge is 2.18. The maximum Gasteiger partial charge on any atom is 0.150 e. The van der Waals surface area contributed by atoms with Crippen molar-refractivity contribution >= 4 is 28.5 Å². The second-order valence-corrected chi connectivity index (χ2v) is 7.01. The fourth-order valence-electron chi connectivity index (χ4n) is 3.17. The van der Waals surface area contributed by atoms with Gasteiger partial charge in [0.05, 0.1) is 16.1 Å². The van der Waals surface area contributed by atoms with Gasteiger partial charge in [0.25, 0.3) is 0 Å². The van der Waals surface area contributed by atoms with Gasteiger partial charge in [0.15, 0.2) is 5.65 Å². The van der Waals surface area contributed by atoms with Gasteiger partial charge in [0.2, 0.25) is 0 Å². The van der Waals surface area contributed by atoms with Crippen LogP contribution in [0.1, 0.15) is 20.3 Å². The fraction of sp³-hybridized carbons (Fsp3) is 0.182. The molecule has 1 N–H and O–H groups in total. The molecule has 0 spiro atoms. The molecule has 4 nitrogen and oxygen atoms in total. The van der Waals surface area contributed by atoms with Gasteiger partial charge in [-0.15, -0.1) is 0 Å². The Morgan fingerprint density at radius 3 is 2.52 bits per heavy atom. The molecule has 0 radical (unpaired) electrons. The molecule has 2 aromatic heterocycles. The lowest BCUT2D eigenvalue weighted by molar-refractivity contribution is 0.760. The Hall–Kier alpha value is -2.85. The van der Waals surface area contributed by atoms with Crippen molar-refractivity contribution in [2.24, 2.45) is 0 Å². The third-order valence-corrected chi connectivity index (χ3v) is 5.09. The predicted molar refractivity (Wildman–Crippen MR) is 113 cm³/mol. The summed E-state index contributed by atoms with van der Waals surface area (Å²) in [4.78, 5) is 9.13. The molecule has 136 valence electrons. The lowest BCUT2D eigenvalue weighted by Crippen LogP contribution is -2.15. The summed E-state index contributed by atoms with van der Waals surface area (Å²) >= 11 is 6.48. The SMILES string of the molecule is CCC(C)Nc1ncnc2c1c(-c1ccccc1)cn2-c1ccccc1Cl. The summed E-state index contributed by atoms with van der Waals surface area (Å²) in [7, 11) is 0. The average Bonchev–Trinajstić information content (AvgIpc) is 3.09. The number of para-hydroxylation sites is 1. The summed E-state index contributed by atoms with van der Waals surface area (Å²) in [5.41, 5.74) is 3.94. The van der Waals surface area contributed by atoms with Crippen molar-refractivity contribution in [3.8, 4) is 16.8 Å². The summed E-state index contributed by atoms with van der Waals surface area (Å²) in [5, 5.41) is 5.21. The number of hydrogen-bond donors (Lipinski definition) is 1. The number of halogens is 1. The van der Waals surface area contributed by atoms with Crippen molar-refractivity contribution in [1.82, 2.24) is 14.5 Å². The number of fused-ring (bicyclic) bond motifs is 1. The van der Waals surface area contributed by atoms with Crippen molar-refractivity contribution in [3.05, 3.63) is 72.1 Å². The lowest BCUT2D eigenvalue weighted by atomic mass is 10.1. The van der Waals surface area contributed by atoms with Crippen molar-refractivity contribution < 1.29 is 0 Å². The van der Waals surface area contributed by atoms with Crippen molar-refractivity contribution in [3.63, 3.8) is 0 Å². The van der Waals surface area contributed by atoms with Gasteiger partial charge in [-0.1, -0.05) is 61.0 Å². The normalized spacial score (nSPS) is 12.3. The first kappa shape index (κ1) is 17.6. The molecule has 2 heterocycles. The zero-order valence-corrected chi connectivity index (χ0v) is 16.1. The Balaban J connectivity index is 2.02. The number of hydrogen-bond acceptors (Lipinski definition) is 3. The van der Waals surface area contributed by atoms with Crippen molar-refractivity contribution in [1.29, 1.82) is 0 Å². The summed E-state index contributed by atoms with van der Waals surface area (Å²) in [5.74, 6) is 0.846. The summed E-state index contributed by atoms with van der Waals surface area (Å²) in [6.45, 7) is 4.31. The quantitative estimate of drug-likeness (QED) is 0.468. The molecule has 5 heteroatoms. The Labute approximate surface area is 163 Å². The van der Waals surface area contributed by atoms with Crippen LogP contribution in [0.3, 0.4) is 0 Å². The van der Waals surface area contributed by atoms with Crippen LogP contribution in [-0.4, -0.2) is 20.6 Å². The molecule has 0 saturated heterocycles. The summed E-state index contributed by atoms with van der Waals surface area (Å²) in [6.07, 6.45) is 4.71. The molecular formula is C22H21ClN4. The third kappa shape index (κ3) is 3.28. The molecule has 0 aliphatic heterocycles. The Morgan fingerprint density at radius 2 is 1.78 bits per heavy atom. The highest BCUT2D eigenvalue weighted by Crippen LogP contribution is 2.36. The Bertz CT molecular complexity index is 1070. The van der Waals surface area contributed by atoms with E-state index in [4.69, 9.17) is 11.6 Å².